The van der Waals surface area contributed by atoms with Crippen molar-refractivity contribution in [1.29, 1.82) is 0 Å². The Bertz CT molecular complexity index is 600. The molecule has 0 aliphatic carbocycles. The van der Waals surface area contributed by atoms with Crippen LogP contribution in [-0.2, 0) is 16.4 Å². The summed E-state index contributed by atoms with van der Waals surface area (Å²) in [6.45, 7) is 0.303. The maximum absolute atomic E-state index is 11.2. The molecule has 0 unspecified atom stereocenters. The molecule has 7 nitrogen and oxygen atoms in total. The highest BCUT2D eigenvalue weighted by molar-refractivity contribution is 7.90. The van der Waals surface area contributed by atoms with Gasteiger partial charge in [-0.25, -0.2) is 13.1 Å². The lowest BCUT2D eigenvalue weighted by Crippen LogP contribution is -1.95. The first-order valence-corrected chi connectivity index (χ1v) is 6.99. The van der Waals surface area contributed by atoms with E-state index in [9.17, 15) is 8.42 Å². The predicted molar refractivity (Wildman–Crippen MR) is 58.0 cm³/mol. The van der Waals surface area contributed by atoms with Crippen LogP contribution in [0.25, 0.3) is 5.13 Å². The van der Waals surface area contributed by atoms with Gasteiger partial charge in [-0.05, 0) is 0 Å². The Kier molecular flexibility index (Phi) is 2.74. The minimum Gasteiger partial charge on any atom is -0.324 e. The molecule has 0 aliphatic heterocycles. The Labute approximate surface area is 95.8 Å². The molecule has 0 aromatic carbocycles. The van der Waals surface area contributed by atoms with Crippen molar-refractivity contribution in [3.05, 3.63) is 17.4 Å². The predicted octanol–water partition coefficient (Wildman–Crippen LogP) is -0.414. The van der Waals surface area contributed by atoms with E-state index in [1.807, 2.05) is 0 Å². The van der Waals surface area contributed by atoms with Crippen molar-refractivity contribution < 1.29 is 8.42 Å². The quantitative estimate of drug-likeness (QED) is 0.803. The monoisotopic (exact) mass is 259 g/mol. The number of hydrogen-bond acceptors (Lipinski definition) is 7. The Hall–Kier alpha value is -1.32. The highest BCUT2D eigenvalue weighted by Crippen LogP contribution is 2.15. The van der Waals surface area contributed by atoms with Crippen molar-refractivity contribution in [3.63, 3.8) is 0 Å². The third-order valence-electron chi connectivity index (χ3n) is 1.81. The molecule has 86 valence electrons. The van der Waals surface area contributed by atoms with Gasteiger partial charge in [-0.3, -0.25) is 0 Å². The van der Waals surface area contributed by atoms with E-state index in [0.717, 1.165) is 6.26 Å². The minimum atomic E-state index is -3.24. The van der Waals surface area contributed by atoms with E-state index in [-0.39, 0.29) is 4.90 Å². The van der Waals surface area contributed by atoms with Crippen molar-refractivity contribution in [1.82, 2.24) is 20.0 Å². The molecule has 0 aliphatic rings. The zero-order valence-electron chi connectivity index (χ0n) is 8.36. The SMILES string of the molecule is CS(=O)(=O)c1cnn(-c2nnc(CN)s2)c1. The Morgan fingerprint density at radius 1 is 1.50 bits per heavy atom. The van der Waals surface area contributed by atoms with Crippen LogP contribution in [0.3, 0.4) is 0 Å². The van der Waals surface area contributed by atoms with Gasteiger partial charge in [-0.1, -0.05) is 11.3 Å². The largest absolute Gasteiger partial charge is 0.324 e. The van der Waals surface area contributed by atoms with Gasteiger partial charge in [0.15, 0.2) is 9.84 Å². The van der Waals surface area contributed by atoms with E-state index in [1.165, 1.54) is 28.4 Å². The van der Waals surface area contributed by atoms with Crippen LogP contribution in [0.2, 0.25) is 0 Å². The number of sulfone groups is 1. The van der Waals surface area contributed by atoms with Gasteiger partial charge < -0.3 is 5.73 Å². The second kappa shape index (κ2) is 3.92. The maximum Gasteiger partial charge on any atom is 0.232 e. The first kappa shape index (κ1) is 11.2. The fourth-order valence-corrected chi connectivity index (χ4v) is 2.20. The van der Waals surface area contributed by atoms with Gasteiger partial charge in [-0.2, -0.15) is 5.10 Å². The molecule has 0 bridgehead atoms. The average Bonchev–Trinajstić information content (AvgIpc) is 2.85. The van der Waals surface area contributed by atoms with Crippen molar-refractivity contribution in [2.45, 2.75) is 11.4 Å². The fraction of sp³-hybridized carbons (Fsp3) is 0.286. The van der Waals surface area contributed by atoms with E-state index < -0.39 is 9.84 Å². The van der Waals surface area contributed by atoms with Crippen LogP contribution < -0.4 is 5.73 Å². The highest BCUT2D eigenvalue weighted by Gasteiger charge is 2.12. The molecule has 9 heteroatoms. The number of hydrogen-bond donors (Lipinski definition) is 1. The Morgan fingerprint density at radius 2 is 2.25 bits per heavy atom. The molecule has 0 amide bonds. The Balaban J connectivity index is 2.39. The van der Waals surface area contributed by atoms with E-state index >= 15 is 0 Å². The Morgan fingerprint density at radius 3 is 2.75 bits per heavy atom. The number of rotatable bonds is 3. The summed E-state index contributed by atoms with van der Waals surface area (Å²) in [7, 11) is -3.24. The maximum atomic E-state index is 11.2. The molecular formula is C7H9N5O2S2. The molecular weight excluding hydrogens is 250 g/mol. The number of nitrogens with two attached hydrogens (primary N) is 1. The van der Waals surface area contributed by atoms with Crippen molar-refractivity contribution in [2.24, 2.45) is 5.73 Å². The van der Waals surface area contributed by atoms with E-state index in [2.05, 4.69) is 15.3 Å². The molecule has 0 spiro atoms. The summed E-state index contributed by atoms with van der Waals surface area (Å²) < 4.78 is 23.8. The third-order valence-corrected chi connectivity index (χ3v) is 3.82. The summed E-state index contributed by atoms with van der Waals surface area (Å²) in [4.78, 5) is 0.150. The number of nitrogens with zero attached hydrogens (tertiary/aromatic N) is 4. The van der Waals surface area contributed by atoms with E-state index in [4.69, 9.17) is 5.73 Å². The summed E-state index contributed by atoms with van der Waals surface area (Å²) in [6.07, 6.45) is 3.80. The lowest BCUT2D eigenvalue weighted by Gasteiger charge is -1.91. The van der Waals surface area contributed by atoms with Crippen LogP contribution in [0, 0.1) is 0 Å². The minimum absolute atomic E-state index is 0.150. The molecule has 2 rings (SSSR count). The molecule has 0 atom stereocenters. The van der Waals surface area contributed by atoms with Gasteiger partial charge in [0, 0.05) is 12.8 Å². The van der Waals surface area contributed by atoms with Gasteiger partial charge in [-0.15, -0.1) is 10.2 Å². The lowest BCUT2D eigenvalue weighted by atomic mass is 10.7. The molecule has 0 radical (unpaired) electrons. The molecule has 16 heavy (non-hydrogen) atoms. The second-order valence-corrected chi connectivity index (χ2v) is 6.13. The summed E-state index contributed by atoms with van der Waals surface area (Å²) in [5.41, 5.74) is 5.40. The summed E-state index contributed by atoms with van der Waals surface area (Å²) in [5, 5.41) is 12.7. The summed E-state index contributed by atoms with van der Waals surface area (Å²) in [5.74, 6) is 0. The fourth-order valence-electron chi connectivity index (χ4n) is 1.02. The van der Waals surface area contributed by atoms with Crippen molar-refractivity contribution in [3.8, 4) is 5.13 Å². The van der Waals surface area contributed by atoms with Crippen molar-refractivity contribution >= 4 is 21.2 Å². The smallest absolute Gasteiger partial charge is 0.232 e. The van der Waals surface area contributed by atoms with Crippen LogP contribution in [0.5, 0.6) is 0 Å². The van der Waals surface area contributed by atoms with E-state index in [1.54, 1.807) is 0 Å². The third kappa shape index (κ3) is 2.10. The molecule has 2 N–H and O–H groups in total. The lowest BCUT2D eigenvalue weighted by molar-refractivity contribution is 0.602. The first-order valence-electron chi connectivity index (χ1n) is 4.28. The van der Waals surface area contributed by atoms with Crippen LogP contribution in [-0.4, -0.2) is 34.7 Å². The molecule has 0 saturated heterocycles. The molecule has 0 saturated carbocycles. The topological polar surface area (TPSA) is 104 Å². The first-order chi connectivity index (χ1) is 7.50. The molecule has 2 heterocycles. The molecule has 2 aromatic heterocycles. The van der Waals surface area contributed by atoms with Crippen LogP contribution in [0.1, 0.15) is 5.01 Å². The normalized spacial score (nSPS) is 11.9. The van der Waals surface area contributed by atoms with Gasteiger partial charge in [0.1, 0.15) is 9.90 Å². The molecule has 0 fully saturated rings. The van der Waals surface area contributed by atoms with E-state index in [0.29, 0.717) is 16.7 Å². The van der Waals surface area contributed by atoms with Crippen molar-refractivity contribution in [2.75, 3.05) is 6.26 Å². The summed E-state index contributed by atoms with van der Waals surface area (Å²) in [6, 6.07) is 0. The summed E-state index contributed by atoms with van der Waals surface area (Å²) >= 11 is 1.27. The van der Waals surface area contributed by atoms with Gasteiger partial charge >= 0.3 is 0 Å². The number of aromatic nitrogens is 4. The van der Waals surface area contributed by atoms with Crippen LogP contribution in [0.15, 0.2) is 17.3 Å². The van der Waals surface area contributed by atoms with Crippen LogP contribution in [0.4, 0.5) is 0 Å². The van der Waals surface area contributed by atoms with Gasteiger partial charge in [0.05, 0.1) is 12.4 Å². The highest BCUT2D eigenvalue weighted by atomic mass is 32.2. The molecule has 2 aromatic rings. The zero-order chi connectivity index (χ0) is 11.8. The second-order valence-electron chi connectivity index (χ2n) is 3.08. The standard InChI is InChI=1S/C7H9N5O2S2/c1-16(13,14)5-3-9-12(4-5)7-11-10-6(2-8)15-7/h3-4H,2,8H2,1H3. The average molecular weight is 259 g/mol. The van der Waals surface area contributed by atoms with Gasteiger partial charge in [0.25, 0.3) is 0 Å². The van der Waals surface area contributed by atoms with Gasteiger partial charge in [0.2, 0.25) is 5.13 Å². The van der Waals surface area contributed by atoms with Crippen LogP contribution >= 0.6 is 11.3 Å². The zero-order valence-corrected chi connectivity index (χ0v) is 9.99.